The van der Waals surface area contributed by atoms with Gasteiger partial charge in [0.15, 0.2) is 5.82 Å². The molecular weight excluding hydrogens is 283 g/mol. The van der Waals surface area contributed by atoms with E-state index < -0.39 is 6.29 Å². The molecule has 0 bridgehead atoms. The van der Waals surface area contributed by atoms with Gasteiger partial charge in [0.05, 0.1) is 6.04 Å². The Balaban J connectivity index is 1.96. The number of halogens is 1. The molecule has 4 nitrogen and oxygen atoms in total. The SMILES string of the molecule is CC#CCC(c1ccc(F)cc1)n1ccnc1C1OC=CO1. The summed E-state index contributed by atoms with van der Waals surface area (Å²) in [5.74, 6) is 6.36. The first kappa shape index (κ1) is 14.2. The van der Waals surface area contributed by atoms with Crippen molar-refractivity contribution in [3.8, 4) is 11.8 Å². The molecule has 0 saturated heterocycles. The van der Waals surface area contributed by atoms with Crippen molar-refractivity contribution in [2.24, 2.45) is 0 Å². The summed E-state index contributed by atoms with van der Waals surface area (Å²) in [6, 6.07) is 6.33. The fraction of sp³-hybridized carbons (Fsp3) is 0.235. The van der Waals surface area contributed by atoms with E-state index in [0.29, 0.717) is 12.2 Å². The lowest BCUT2D eigenvalue weighted by atomic mass is 10.0. The summed E-state index contributed by atoms with van der Waals surface area (Å²) in [4.78, 5) is 4.32. The van der Waals surface area contributed by atoms with Gasteiger partial charge in [-0.3, -0.25) is 0 Å². The van der Waals surface area contributed by atoms with Crippen LogP contribution in [0.1, 0.15) is 37.1 Å². The maximum atomic E-state index is 13.2. The fourth-order valence-electron chi connectivity index (χ4n) is 2.39. The summed E-state index contributed by atoms with van der Waals surface area (Å²) in [7, 11) is 0. The van der Waals surface area contributed by atoms with Crippen LogP contribution in [0.5, 0.6) is 0 Å². The van der Waals surface area contributed by atoms with Crippen LogP contribution >= 0.6 is 0 Å². The van der Waals surface area contributed by atoms with Crippen molar-refractivity contribution in [3.63, 3.8) is 0 Å². The molecule has 0 fully saturated rings. The molecule has 1 atom stereocenters. The minimum absolute atomic E-state index is 0.0849. The highest BCUT2D eigenvalue weighted by molar-refractivity contribution is 5.24. The third-order valence-electron chi connectivity index (χ3n) is 3.43. The summed E-state index contributed by atoms with van der Waals surface area (Å²) >= 11 is 0. The minimum Gasteiger partial charge on any atom is -0.452 e. The second-order valence-electron chi connectivity index (χ2n) is 4.77. The maximum absolute atomic E-state index is 13.2. The Kier molecular flexibility index (Phi) is 4.10. The zero-order valence-electron chi connectivity index (χ0n) is 12.1. The summed E-state index contributed by atoms with van der Waals surface area (Å²) < 4.78 is 25.9. The molecule has 0 radical (unpaired) electrons. The number of ether oxygens (including phenoxy) is 2. The molecular formula is C17H15FN2O2. The van der Waals surface area contributed by atoms with Crippen LogP contribution < -0.4 is 0 Å². The van der Waals surface area contributed by atoms with Crippen LogP contribution in [-0.2, 0) is 9.47 Å². The molecule has 22 heavy (non-hydrogen) atoms. The van der Waals surface area contributed by atoms with Crippen molar-refractivity contribution in [2.75, 3.05) is 0 Å². The van der Waals surface area contributed by atoms with E-state index in [9.17, 15) is 4.39 Å². The highest BCUT2D eigenvalue weighted by Gasteiger charge is 2.25. The van der Waals surface area contributed by atoms with Gasteiger partial charge in [0, 0.05) is 18.8 Å². The monoisotopic (exact) mass is 298 g/mol. The fourth-order valence-corrected chi connectivity index (χ4v) is 2.39. The van der Waals surface area contributed by atoms with Gasteiger partial charge in [0.2, 0.25) is 0 Å². The third kappa shape index (κ3) is 2.82. The van der Waals surface area contributed by atoms with Crippen molar-refractivity contribution in [1.82, 2.24) is 9.55 Å². The van der Waals surface area contributed by atoms with Gasteiger partial charge in [-0.25, -0.2) is 9.37 Å². The Hall–Kier alpha value is -2.74. The number of hydrogen-bond donors (Lipinski definition) is 0. The van der Waals surface area contributed by atoms with E-state index in [1.54, 1.807) is 25.3 Å². The lowest BCUT2D eigenvalue weighted by molar-refractivity contribution is -0.0345. The highest BCUT2D eigenvalue weighted by Crippen LogP contribution is 2.29. The Bertz CT molecular complexity index is 717. The second-order valence-corrected chi connectivity index (χ2v) is 4.77. The van der Waals surface area contributed by atoms with Crippen LogP contribution in [0.25, 0.3) is 0 Å². The number of hydrogen-bond acceptors (Lipinski definition) is 3. The van der Waals surface area contributed by atoms with Gasteiger partial charge in [-0.2, -0.15) is 0 Å². The van der Waals surface area contributed by atoms with E-state index in [2.05, 4.69) is 16.8 Å². The van der Waals surface area contributed by atoms with E-state index in [-0.39, 0.29) is 11.9 Å². The molecule has 2 aromatic rings. The largest absolute Gasteiger partial charge is 0.452 e. The van der Waals surface area contributed by atoms with Crippen molar-refractivity contribution in [2.45, 2.75) is 25.7 Å². The van der Waals surface area contributed by atoms with Crippen LogP contribution in [0.15, 0.2) is 49.2 Å². The number of aromatic nitrogens is 2. The van der Waals surface area contributed by atoms with Gasteiger partial charge in [-0.1, -0.05) is 12.1 Å². The number of rotatable bonds is 4. The molecule has 1 aromatic carbocycles. The van der Waals surface area contributed by atoms with E-state index in [0.717, 1.165) is 5.56 Å². The molecule has 0 N–H and O–H groups in total. The van der Waals surface area contributed by atoms with Gasteiger partial charge in [-0.15, -0.1) is 11.8 Å². The summed E-state index contributed by atoms with van der Waals surface area (Å²) in [5, 5.41) is 0. The standard InChI is InChI=1S/C17H15FN2O2/c1-2-3-4-15(13-5-7-14(18)8-6-13)20-10-9-19-16(20)17-21-11-12-22-17/h5-12,15,17H,4H2,1H3. The summed E-state index contributed by atoms with van der Waals surface area (Å²) in [5.41, 5.74) is 0.953. The number of nitrogens with zero attached hydrogens (tertiary/aromatic N) is 2. The first-order chi connectivity index (χ1) is 10.8. The Labute approximate surface area is 128 Å². The van der Waals surface area contributed by atoms with Crippen molar-refractivity contribution in [1.29, 1.82) is 0 Å². The highest BCUT2D eigenvalue weighted by atomic mass is 19.1. The van der Waals surface area contributed by atoms with Gasteiger partial charge >= 0.3 is 0 Å². The molecule has 0 aliphatic carbocycles. The smallest absolute Gasteiger partial charge is 0.299 e. The zero-order valence-corrected chi connectivity index (χ0v) is 12.1. The molecule has 0 spiro atoms. The minimum atomic E-state index is -0.562. The Morgan fingerprint density at radius 1 is 1.27 bits per heavy atom. The predicted octanol–water partition coefficient (Wildman–Crippen LogP) is 3.54. The van der Waals surface area contributed by atoms with Crippen LogP contribution in [0.2, 0.25) is 0 Å². The molecule has 0 saturated carbocycles. The Morgan fingerprint density at radius 3 is 2.68 bits per heavy atom. The number of benzene rings is 1. The van der Waals surface area contributed by atoms with Crippen molar-refractivity contribution < 1.29 is 13.9 Å². The van der Waals surface area contributed by atoms with Gasteiger partial charge in [-0.05, 0) is 24.6 Å². The third-order valence-corrected chi connectivity index (χ3v) is 3.43. The topological polar surface area (TPSA) is 36.3 Å². The van der Waals surface area contributed by atoms with Gasteiger partial charge in [0.1, 0.15) is 18.3 Å². The van der Waals surface area contributed by atoms with Crippen LogP contribution in [0.3, 0.4) is 0 Å². The van der Waals surface area contributed by atoms with E-state index in [4.69, 9.17) is 9.47 Å². The van der Waals surface area contributed by atoms with Crippen molar-refractivity contribution >= 4 is 0 Å². The van der Waals surface area contributed by atoms with Crippen molar-refractivity contribution in [3.05, 3.63) is 66.4 Å². The van der Waals surface area contributed by atoms with Crippen LogP contribution in [0.4, 0.5) is 4.39 Å². The van der Waals surface area contributed by atoms with E-state index >= 15 is 0 Å². The quantitative estimate of drug-likeness (QED) is 0.810. The first-order valence-corrected chi connectivity index (χ1v) is 6.93. The molecule has 3 rings (SSSR count). The summed E-state index contributed by atoms with van der Waals surface area (Å²) in [6.45, 7) is 1.80. The molecule has 1 aliphatic heterocycles. The summed E-state index contributed by atoms with van der Waals surface area (Å²) in [6.07, 6.45) is 6.55. The predicted molar refractivity (Wildman–Crippen MR) is 78.9 cm³/mol. The first-order valence-electron chi connectivity index (χ1n) is 6.93. The lowest BCUT2D eigenvalue weighted by Crippen LogP contribution is -2.16. The average molecular weight is 298 g/mol. The second kappa shape index (κ2) is 6.35. The molecule has 1 aromatic heterocycles. The molecule has 1 aliphatic rings. The van der Waals surface area contributed by atoms with Crippen LogP contribution in [0, 0.1) is 17.7 Å². The zero-order chi connectivity index (χ0) is 15.4. The number of imidazole rings is 1. The van der Waals surface area contributed by atoms with E-state index in [1.807, 2.05) is 10.8 Å². The molecule has 2 heterocycles. The van der Waals surface area contributed by atoms with Crippen LogP contribution in [-0.4, -0.2) is 9.55 Å². The maximum Gasteiger partial charge on any atom is 0.299 e. The average Bonchev–Trinajstić information content (AvgIpc) is 3.20. The van der Waals surface area contributed by atoms with Gasteiger partial charge < -0.3 is 14.0 Å². The molecule has 5 heteroatoms. The lowest BCUT2D eigenvalue weighted by Gasteiger charge is -2.21. The molecule has 0 amide bonds. The molecule has 1 unspecified atom stereocenters. The normalized spacial score (nSPS) is 14.8. The Morgan fingerprint density at radius 2 is 2.00 bits per heavy atom. The van der Waals surface area contributed by atoms with E-state index in [1.165, 1.54) is 24.7 Å². The van der Waals surface area contributed by atoms with Gasteiger partial charge in [0.25, 0.3) is 6.29 Å². The molecule has 112 valence electrons.